The van der Waals surface area contributed by atoms with Gasteiger partial charge >= 0.3 is 0 Å². The fourth-order valence-corrected chi connectivity index (χ4v) is 3.81. The van der Waals surface area contributed by atoms with Gasteiger partial charge in [-0.3, -0.25) is 14.5 Å². The summed E-state index contributed by atoms with van der Waals surface area (Å²) in [7, 11) is 0. The van der Waals surface area contributed by atoms with Crippen molar-refractivity contribution < 1.29 is 9.59 Å². The van der Waals surface area contributed by atoms with Crippen LogP contribution in [0.3, 0.4) is 0 Å². The molecule has 3 aliphatic rings. The number of hydrogen-bond donors (Lipinski definition) is 1. The van der Waals surface area contributed by atoms with E-state index in [1.807, 2.05) is 6.92 Å². The van der Waals surface area contributed by atoms with E-state index in [2.05, 4.69) is 10.2 Å². The molecule has 0 bridgehead atoms. The van der Waals surface area contributed by atoms with Gasteiger partial charge in [-0.05, 0) is 45.7 Å². The fourth-order valence-electron chi connectivity index (χ4n) is 3.81. The molecule has 2 amide bonds. The van der Waals surface area contributed by atoms with Gasteiger partial charge in [0.25, 0.3) is 0 Å². The lowest BCUT2D eigenvalue weighted by Crippen LogP contribution is -2.50. The largest absolute Gasteiger partial charge is 0.303 e. The Morgan fingerprint density at radius 2 is 2.11 bits per heavy atom. The molecule has 1 N–H and O–H groups in total. The predicted octanol–water partition coefficient (Wildman–Crippen LogP) is 0.350. The Morgan fingerprint density at radius 3 is 2.84 bits per heavy atom. The first-order valence-electron chi connectivity index (χ1n) is 7.53. The first kappa shape index (κ1) is 13.1. The number of imide groups is 1. The summed E-state index contributed by atoms with van der Waals surface area (Å²) in [6.45, 7) is 4.72. The second-order valence-electron chi connectivity index (χ2n) is 5.95. The van der Waals surface area contributed by atoms with Crippen LogP contribution in [0.1, 0.15) is 39.0 Å². The van der Waals surface area contributed by atoms with E-state index < -0.39 is 0 Å². The maximum atomic E-state index is 12.1. The molecule has 3 aliphatic heterocycles. The molecule has 0 saturated carbocycles. The molecular weight excluding hydrogens is 242 g/mol. The number of rotatable bonds is 3. The number of nitrogens with one attached hydrogen (secondary N) is 1. The number of nitrogens with zero attached hydrogens (tertiary/aromatic N) is 2. The van der Waals surface area contributed by atoms with Gasteiger partial charge in [0.05, 0.1) is 12.5 Å². The van der Waals surface area contributed by atoms with Crippen molar-refractivity contribution in [1.29, 1.82) is 0 Å². The normalized spacial score (nSPS) is 36.1. The fraction of sp³-hybridized carbons (Fsp3) is 0.857. The molecule has 5 heteroatoms. The van der Waals surface area contributed by atoms with Crippen molar-refractivity contribution in [3.63, 3.8) is 0 Å². The molecule has 3 atom stereocenters. The van der Waals surface area contributed by atoms with Crippen LogP contribution in [0, 0.1) is 0 Å². The zero-order valence-electron chi connectivity index (χ0n) is 11.6. The molecule has 5 nitrogen and oxygen atoms in total. The monoisotopic (exact) mass is 265 g/mol. The topological polar surface area (TPSA) is 52.7 Å². The zero-order valence-corrected chi connectivity index (χ0v) is 11.6. The van der Waals surface area contributed by atoms with Crippen molar-refractivity contribution in [3.05, 3.63) is 0 Å². The maximum absolute atomic E-state index is 12.1. The van der Waals surface area contributed by atoms with E-state index in [1.165, 1.54) is 24.3 Å². The molecule has 3 saturated heterocycles. The van der Waals surface area contributed by atoms with Crippen LogP contribution in [-0.2, 0) is 9.59 Å². The number of piperidine rings is 1. The second-order valence-corrected chi connectivity index (χ2v) is 5.95. The summed E-state index contributed by atoms with van der Waals surface area (Å²) in [4.78, 5) is 27.7. The van der Waals surface area contributed by atoms with Crippen LogP contribution in [-0.4, -0.2) is 59.4 Å². The van der Waals surface area contributed by atoms with Crippen molar-refractivity contribution in [2.45, 2.75) is 57.2 Å². The Hall–Kier alpha value is -0.940. The van der Waals surface area contributed by atoms with Gasteiger partial charge in [-0.2, -0.15) is 0 Å². The molecule has 0 radical (unpaired) electrons. The minimum absolute atomic E-state index is 0.0247. The van der Waals surface area contributed by atoms with Gasteiger partial charge in [0.2, 0.25) is 11.8 Å². The van der Waals surface area contributed by atoms with Crippen molar-refractivity contribution in [2.75, 3.05) is 19.6 Å². The molecule has 3 rings (SSSR count). The Balaban J connectivity index is 1.57. The van der Waals surface area contributed by atoms with Gasteiger partial charge in [0, 0.05) is 18.6 Å². The smallest absolute Gasteiger partial charge is 0.246 e. The minimum atomic E-state index is -0.273. The lowest BCUT2D eigenvalue weighted by atomic mass is 9.96. The van der Waals surface area contributed by atoms with Crippen molar-refractivity contribution in [2.24, 2.45) is 0 Å². The van der Waals surface area contributed by atoms with E-state index in [4.69, 9.17) is 0 Å². The van der Waals surface area contributed by atoms with Crippen LogP contribution in [0.15, 0.2) is 0 Å². The minimum Gasteiger partial charge on any atom is -0.303 e. The zero-order chi connectivity index (χ0) is 13.4. The SMILES string of the molecule is CCN1C(=O)CC(NC2CCN3CCCC3C2)C1=O. The lowest BCUT2D eigenvalue weighted by Gasteiger charge is -2.36. The Morgan fingerprint density at radius 1 is 1.26 bits per heavy atom. The van der Waals surface area contributed by atoms with Crippen LogP contribution in [0.2, 0.25) is 0 Å². The summed E-state index contributed by atoms with van der Waals surface area (Å²) in [6, 6.07) is 0.823. The van der Waals surface area contributed by atoms with Crippen LogP contribution < -0.4 is 5.32 Å². The van der Waals surface area contributed by atoms with Crippen molar-refractivity contribution in [3.8, 4) is 0 Å². The standard InChI is InChI=1S/C14H23N3O2/c1-2-17-13(18)9-12(14(17)19)15-10-5-7-16-6-3-4-11(16)8-10/h10-12,15H,2-9H2,1H3. The molecule has 0 aromatic rings. The predicted molar refractivity (Wildman–Crippen MR) is 71.6 cm³/mol. The summed E-state index contributed by atoms with van der Waals surface area (Å²) in [5, 5.41) is 3.44. The third-order valence-corrected chi connectivity index (χ3v) is 4.82. The van der Waals surface area contributed by atoms with E-state index in [1.54, 1.807) is 0 Å². The second kappa shape index (κ2) is 5.21. The molecule has 0 aromatic carbocycles. The number of fused-ring (bicyclic) bond motifs is 1. The van der Waals surface area contributed by atoms with Crippen molar-refractivity contribution >= 4 is 11.8 Å². The molecule has 3 heterocycles. The van der Waals surface area contributed by atoms with Crippen LogP contribution in [0.25, 0.3) is 0 Å². The van der Waals surface area contributed by atoms with Crippen LogP contribution in [0.5, 0.6) is 0 Å². The van der Waals surface area contributed by atoms with Gasteiger partial charge in [0.1, 0.15) is 0 Å². The first-order chi connectivity index (χ1) is 9.19. The summed E-state index contributed by atoms with van der Waals surface area (Å²) in [5.74, 6) is -0.0512. The summed E-state index contributed by atoms with van der Waals surface area (Å²) < 4.78 is 0. The highest BCUT2D eigenvalue weighted by atomic mass is 16.2. The molecule has 3 fully saturated rings. The van der Waals surface area contributed by atoms with Gasteiger partial charge in [-0.25, -0.2) is 0 Å². The number of carbonyl (C=O) groups is 2. The molecule has 0 aromatic heterocycles. The van der Waals surface area contributed by atoms with Gasteiger partial charge < -0.3 is 10.2 Å². The molecule has 0 spiro atoms. The Labute approximate surface area is 114 Å². The third kappa shape index (κ3) is 2.41. The highest BCUT2D eigenvalue weighted by Gasteiger charge is 2.40. The number of likely N-dealkylation sites (tertiary alicyclic amines) is 1. The molecule has 106 valence electrons. The Kier molecular flexibility index (Phi) is 3.58. The average molecular weight is 265 g/mol. The van der Waals surface area contributed by atoms with E-state index in [-0.39, 0.29) is 17.9 Å². The molecule has 19 heavy (non-hydrogen) atoms. The molecular formula is C14H23N3O2. The summed E-state index contributed by atoms with van der Waals surface area (Å²) in [6.07, 6.45) is 5.17. The van der Waals surface area contributed by atoms with Gasteiger partial charge in [0.15, 0.2) is 0 Å². The van der Waals surface area contributed by atoms with Gasteiger partial charge in [-0.15, -0.1) is 0 Å². The number of carbonyl (C=O) groups excluding carboxylic acids is 2. The van der Waals surface area contributed by atoms with E-state index >= 15 is 0 Å². The first-order valence-corrected chi connectivity index (χ1v) is 7.53. The molecule has 3 unspecified atom stereocenters. The maximum Gasteiger partial charge on any atom is 0.246 e. The quantitative estimate of drug-likeness (QED) is 0.748. The number of hydrogen-bond acceptors (Lipinski definition) is 4. The third-order valence-electron chi connectivity index (χ3n) is 4.82. The Bertz CT molecular complexity index is 385. The van der Waals surface area contributed by atoms with Crippen molar-refractivity contribution in [1.82, 2.24) is 15.1 Å². The van der Waals surface area contributed by atoms with Gasteiger partial charge in [-0.1, -0.05) is 0 Å². The van der Waals surface area contributed by atoms with Crippen LogP contribution >= 0.6 is 0 Å². The highest BCUT2D eigenvalue weighted by molar-refractivity contribution is 6.05. The van der Waals surface area contributed by atoms with E-state index in [0.29, 0.717) is 25.0 Å². The van der Waals surface area contributed by atoms with E-state index in [0.717, 1.165) is 19.4 Å². The lowest BCUT2D eigenvalue weighted by molar-refractivity contribution is -0.138. The summed E-state index contributed by atoms with van der Waals surface area (Å²) >= 11 is 0. The van der Waals surface area contributed by atoms with E-state index in [9.17, 15) is 9.59 Å². The van der Waals surface area contributed by atoms with Crippen LogP contribution in [0.4, 0.5) is 0 Å². The number of likely N-dealkylation sites (N-methyl/N-ethyl adjacent to an activating group) is 1. The number of amides is 2. The summed E-state index contributed by atoms with van der Waals surface area (Å²) in [5.41, 5.74) is 0. The highest BCUT2D eigenvalue weighted by Crippen LogP contribution is 2.27. The molecule has 0 aliphatic carbocycles. The average Bonchev–Trinajstić information content (AvgIpc) is 2.95.